The summed E-state index contributed by atoms with van der Waals surface area (Å²) in [6.07, 6.45) is 1.34. The van der Waals surface area contributed by atoms with Gasteiger partial charge in [0.15, 0.2) is 0 Å². The first-order chi connectivity index (χ1) is 4.97. The summed E-state index contributed by atoms with van der Waals surface area (Å²) in [5.74, 6) is 0.873. The van der Waals surface area contributed by atoms with Gasteiger partial charge in [-0.3, -0.25) is 0 Å². The van der Waals surface area contributed by atoms with E-state index in [1.807, 2.05) is 0 Å². The van der Waals surface area contributed by atoms with E-state index in [0.29, 0.717) is 0 Å². The fourth-order valence-corrected chi connectivity index (χ4v) is 1.75. The van der Waals surface area contributed by atoms with E-state index in [1.54, 1.807) is 0 Å². The van der Waals surface area contributed by atoms with Crippen LogP contribution in [0.15, 0.2) is 0 Å². The molecule has 1 rings (SSSR count). The van der Waals surface area contributed by atoms with Crippen LogP contribution in [0, 0.1) is 5.92 Å². The van der Waals surface area contributed by atoms with Gasteiger partial charge in [0, 0.05) is 18.6 Å². The number of nitrogens with two attached hydrogens (primary N) is 1. The normalized spacial score (nSPS) is 27.8. The zero-order chi connectivity index (χ0) is 8.48. The highest BCUT2D eigenvalue weighted by molar-refractivity contribution is 4.81. The Kier molecular flexibility index (Phi) is 2.55. The maximum atomic E-state index is 5.92. The minimum absolute atomic E-state index is 0.0237. The highest BCUT2D eigenvalue weighted by atomic mass is 15.2. The summed E-state index contributed by atoms with van der Waals surface area (Å²) in [7, 11) is 0. The summed E-state index contributed by atoms with van der Waals surface area (Å²) in [6.45, 7) is 10.0. The summed E-state index contributed by atoms with van der Waals surface area (Å²) < 4.78 is 0. The van der Waals surface area contributed by atoms with Crippen molar-refractivity contribution in [2.24, 2.45) is 11.7 Å². The van der Waals surface area contributed by atoms with E-state index in [0.717, 1.165) is 12.5 Å². The molecule has 0 aliphatic carbocycles. The predicted octanol–water partition coefficient (Wildman–Crippen LogP) is 1.07. The van der Waals surface area contributed by atoms with Gasteiger partial charge in [0.05, 0.1) is 0 Å². The molecule has 2 heteroatoms. The summed E-state index contributed by atoms with van der Waals surface area (Å²) >= 11 is 0. The Labute approximate surface area is 69.8 Å². The molecule has 0 saturated carbocycles. The smallest absolute Gasteiger partial charge is 0.0226 e. The lowest BCUT2D eigenvalue weighted by Crippen LogP contribution is -2.44. The SMILES string of the molecule is CC1CCN(CC(C)(C)N)C1. The molecule has 0 aromatic carbocycles. The molecule has 1 saturated heterocycles. The van der Waals surface area contributed by atoms with Crippen molar-refractivity contribution >= 4 is 0 Å². The van der Waals surface area contributed by atoms with Crippen LogP contribution in [0.5, 0.6) is 0 Å². The lowest BCUT2D eigenvalue weighted by atomic mass is 10.1. The van der Waals surface area contributed by atoms with Gasteiger partial charge in [-0.25, -0.2) is 0 Å². The lowest BCUT2D eigenvalue weighted by Gasteiger charge is -2.25. The van der Waals surface area contributed by atoms with Crippen molar-refractivity contribution in [1.29, 1.82) is 0 Å². The van der Waals surface area contributed by atoms with Gasteiger partial charge >= 0.3 is 0 Å². The maximum Gasteiger partial charge on any atom is 0.0226 e. The van der Waals surface area contributed by atoms with Gasteiger partial charge in [0.1, 0.15) is 0 Å². The maximum absolute atomic E-state index is 5.92. The number of hydrogen-bond acceptors (Lipinski definition) is 2. The molecule has 0 radical (unpaired) electrons. The second-order valence-electron chi connectivity index (χ2n) is 4.62. The van der Waals surface area contributed by atoms with Crippen LogP contribution in [0.25, 0.3) is 0 Å². The van der Waals surface area contributed by atoms with E-state index in [-0.39, 0.29) is 5.54 Å². The zero-order valence-electron chi connectivity index (χ0n) is 7.93. The van der Waals surface area contributed by atoms with Crippen LogP contribution in [0.2, 0.25) is 0 Å². The molecule has 2 nitrogen and oxygen atoms in total. The quantitative estimate of drug-likeness (QED) is 0.648. The van der Waals surface area contributed by atoms with Crippen LogP contribution in [0.4, 0.5) is 0 Å². The average Bonchev–Trinajstić information content (AvgIpc) is 2.10. The van der Waals surface area contributed by atoms with E-state index in [1.165, 1.54) is 19.5 Å². The van der Waals surface area contributed by atoms with E-state index in [4.69, 9.17) is 5.73 Å². The summed E-state index contributed by atoms with van der Waals surface area (Å²) in [4.78, 5) is 2.46. The highest BCUT2D eigenvalue weighted by Gasteiger charge is 2.23. The van der Waals surface area contributed by atoms with Gasteiger partial charge in [-0.15, -0.1) is 0 Å². The van der Waals surface area contributed by atoms with Crippen molar-refractivity contribution in [3.05, 3.63) is 0 Å². The summed E-state index contributed by atoms with van der Waals surface area (Å²) in [5, 5.41) is 0. The van der Waals surface area contributed by atoms with Gasteiger partial charge in [-0.1, -0.05) is 6.92 Å². The molecular weight excluding hydrogens is 136 g/mol. The highest BCUT2D eigenvalue weighted by Crippen LogP contribution is 2.16. The molecule has 0 amide bonds. The molecule has 1 unspecified atom stereocenters. The molecule has 66 valence electrons. The fourth-order valence-electron chi connectivity index (χ4n) is 1.75. The number of hydrogen-bond donors (Lipinski definition) is 1. The number of nitrogens with zero attached hydrogens (tertiary/aromatic N) is 1. The molecular formula is C9H20N2. The van der Waals surface area contributed by atoms with Crippen molar-refractivity contribution < 1.29 is 0 Å². The van der Waals surface area contributed by atoms with Crippen molar-refractivity contribution in [3.8, 4) is 0 Å². The number of likely N-dealkylation sites (tertiary alicyclic amines) is 1. The van der Waals surface area contributed by atoms with Crippen molar-refractivity contribution in [3.63, 3.8) is 0 Å². The Hall–Kier alpha value is -0.0800. The molecule has 0 aromatic rings. The monoisotopic (exact) mass is 156 g/mol. The molecule has 1 atom stereocenters. The van der Waals surface area contributed by atoms with Crippen molar-refractivity contribution in [2.45, 2.75) is 32.7 Å². The third-order valence-corrected chi connectivity index (χ3v) is 2.14. The van der Waals surface area contributed by atoms with Gasteiger partial charge in [-0.05, 0) is 32.7 Å². The molecule has 1 fully saturated rings. The Morgan fingerprint density at radius 2 is 2.18 bits per heavy atom. The largest absolute Gasteiger partial charge is 0.324 e. The van der Waals surface area contributed by atoms with E-state index in [2.05, 4.69) is 25.7 Å². The minimum atomic E-state index is -0.0237. The molecule has 0 spiro atoms. The van der Waals surface area contributed by atoms with E-state index < -0.39 is 0 Å². The molecule has 1 heterocycles. The van der Waals surface area contributed by atoms with Gasteiger partial charge in [-0.2, -0.15) is 0 Å². The zero-order valence-corrected chi connectivity index (χ0v) is 7.93. The standard InChI is InChI=1S/C9H20N2/c1-8-4-5-11(6-8)7-9(2,3)10/h8H,4-7,10H2,1-3H3. The minimum Gasteiger partial charge on any atom is -0.324 e. The molecule has 11 heavy (non-hydrogen) atoms. The van der Waals surface area contributed by atoms with Crippen LogP contribution >= 0.6 is 0 Å². The first-order valence-electron chi connectivity index (χ1n) is 4.48. The second kappa shape index (κ2) is 3.11. The van der Waals surface area contributed by atoms with Crippen molar-refractivity contribution in [1.82, 2.24) is 4.90 Å². The topological polar surface area (TPSA) is 29.3 Å². The first-order valence-corrected chi connectivity index (χ1v) is 4.48. The summed E-state index contributed by atoms with van der Waals surface area (Å²) in [6, 6.07) is 0. The Balaban J connectivity index is 2.29. The third-order valence-electron chi connectivity index (χ3n) is 2.14. The Morgan fingerprint density at radius 1 is 1.55 bits per heavy atom. The van der Waals surface area contributed by atoms with Gasteiger partial charge in [0.2, 0.25) is 0 Å². The Morgan fingerprint density at radius 3 is 2.55 bits per heavy atom. The first kappa shape index (κ1) is 9.01. The predicted molar refractivity (Wildman–Crippen MR) is 48.5 cm³/mol. The molecule has 0 aromatic heterocycles. The van der Waals surface area contributed by atoms with Crippen LogP contribution in [0.3, 0.4) is 0 Å². The van der Waals surface area contributed by atoms with Crippen LogP contribution in [0.1, 0.15) is 27.2 Å². The van der Waals surface area contributed by atoms with Gasteiger partial charge < -0.3 is 10.6 Å². The van der Waals surface area contributed by atoms with E-state index >= 15 is 0 Å². The van der Waals surface area contributed by atoms with Gasteiger partial charge in [0.25, 0.3) is 0 Å². The van der Waals surface area contributed by atoms with E-state index in [9.17, 15) is 0 Å². The molecule has 0 bridgehead atoms. The average molecular weight is 156 g/mol. The third kappa shape index (κ3) is 3.21. The van der Waals surface area contributed by atoms with Crippen LogP contribution < -0.4 is 5.73 Å². The molecule has 2 N–H and O–H groups in total. The fraction of sp³-hybridized carbons (Fsp3) is 1.00. The summed E-state index contributed by atoms with van der Waals surface area (Å²) in [5.41, 5.74) is 5.90. The molecule has 1 aliphatic rings. The van der Waals surface area contributed by atoms with Crippen LogP contribution in [-0.2, 0) is 0 Å². The van der Waals surface area contributed by atoms with Crippen molar-refractivity contribution in [2.75, 3.05) is 19.6 Å². The molecule has 1 aliphatic heterocycles. The Bertz CT molecular complexity index is 126. The lowest BCUT2D eigenvalue weighted by molar-refractivity contribution is 0.265. The number of rotatable bonds is 2. The van der Waals surface area contributed by atoms with Crippen LogP contribution in [-0.4, -0.2) is 30.1 Å². The second-order valence-corrected chi connectivity index (χ2v) is 4.62.